The summed E-state index contributed by atoms with van der Waals surface area (Å²) < 4.78 is 1.36. The Labute approximate surface area is 200 Å². The van der Waals surface area contributed by atoms with E-state index >= 15 is 0 Å². The van der Waals surface area contributed by atoms with E-state index < -0.39 is 0 Å². The monoisotopic (exact) mass is 607 g/mol. The van der Waals surface area contributed by atoms with Gasteiger partial charge in [0.25, 0.3) is 0 Å². The summed E-state index contributed by atoms with van der Waals surface area (Å²) in [6.45, 7) is 2.81. The molecule has 0 spiro atoms. The first-order chi connectivity index (χ1) is 14.5. The molecule has 2 heterocycles. The van der Waals surface area contributed by atoms with Crippen molar-refractivity contribution in [2.24, 2.45) is 0 Å². The SMILES string of the molecule is CC(=O)CC(C)=O.[Ir].[c-]1ccc2c3c(sc2c1-c1cc2ccccc2cn1)CCCC3. The first kappa shape index (κ1) is 23.5. The molecule has 31 heavy (non-hydrogen) atoms. The molecule has 0 bridgehead atoms. The Morgan fingerprint density at radius 1 is 1.03 bits per heavy atom. The first-order valence-electron chi connectivity index (χ1n) is 10.3. The Bertz CT molecular complexity index is 1230. The minimum Gasteiger partial charge on any atom is -0.304 e. The molecule has 5 heteroatoms. The molecule has 161 valence electrons. The molecule has 0 unspecified atom stereocenters. The van der Waals surface area contributed by atoms with Crippen LogP contribution in [0.1, 0.15) is 43.6 Å². The number of ketones is 2. The van der Waals surface area contributed by atoms with E-state index in [0.29, 0.717) is 0 Å². The number of carbonyl (C=O) groups excluding carboxylic acids is 2. The molecule has 1 radical (unpaired) electrons. The van der Waals surface area contributed by atoms with Crippen LogP contribution >= 0.6 is 11.3 Å². The second-order valence-corrected chi connectivity index (χ2v) is 8.91. The van der Waals surface area contributed by atoms with Gasteiger partial charge in [0.15, 0.2) is 0 Å². The van der Waals surface area contributed by atoms with Crippen molar-refractivity contribution in [2.75, 3.05) is 0 Å². The van der Waals surface area contributed by atoms with Crippen molar-refractivity contribution in [3.63, 3.8) is 0 Å². The molecule has 2 aromatic carbocycles. The number of hydrogen-bond acceptors (Lipinski definition) is 4. The van der Waals surface area contributed by atoms with Gasteiger partial charge in [-0.1, -0.05) is 35.7 Å². The van der Waals surface area contributed by atoms with Crippen LogP contribution in [0.25, 0.3) is 32.1 Å². The van der Waals surface area contributed by atoms with Gasteiger partial charge in [-0.2, -0.15) is 11.3 Å². The van der Waals surface area contributed by atoms with E-state index in [1.54, 1.807) is 10.4 Å². The van der Waals surface area contributed by atoms with Gasteiger partial charge in [0.05, 0.1) is 6.42 Å². The van der Waals surface area contributed by atoms with Crippen molar-refractivity contribution in [3.05, 3.63) is 65.2 Å². The first-order valence-corrected chi connectivity index (χ1v) is 11.1. The third-order valence-electron chi connectivity index (χ3n) is 5.30. The number of fused-ring (bicyclic) bond motifs is 4. The maximum absolute atomic E-state index is 10.0. The Morgan fingerprint density at radius 2 is 1.74 bits per heavy atom. The Balaban J connectivity index is 0.000000299. The Hall–Kier alpha value is -2.20. The molecule has 0 amide bonds. The normalized spacial score (nSPS) is 12.5. The van der Waals surface area contributed by atoms with Crippen LogP contribution in [0.15, 0.2) is 48.7 Å². The summed E-state index contributed by atoms with van der Waals surface area (Å²) in [6.07, 6.45) is 7.17. The number of pyridine rings is 1. The molecule has 0 aliphatic heterocycles. The van der Waals surface area contributed by atoms with E-state index in [1.807, 2.05) is 17.5 Å². The fraction of sp³-hybridized carbons (Fsp3) is 0.269. The molecule has 0 saturated heterocycles. The third-order valence-corrected chi connectivity index (χ3v) is 6.63. The van der Waals surface area contributed by atoms with Crippen molar-refractivity contribution in [1.29, 1.82) is 0 Å². The van der Waals surface area contributed by atoms with Gasteiger partial charge < -0.3 is 4.98 Å². The number of carbonyl (C=O) groups is 2. The summed E-state index contributed by atoms with van der Waals surface area (Å²) in [4.78, 5) is 26.4. The molecule has 0 atom stereocenters. The maximum Gasteiger partial charge on any atom is 0.137 e. The van der Waals surface area contributed by atoms with E-state index in [-0.39, 0.29) is 38.1 Å². The molecule has 5 rings (SSSR count). The van der Waals surface area contributed by atoms with Crippen LogP contribution in [-0.4, -0.2) is 16.6 Å². The van der Waals surface area contributed by atoms with Gasteiger partial charge in [-0.25, -0.2) is 0 Å². The van der Waals surface area contributed by atoms with Crippen LogP contribution in [0.2, 0.25) is 0 Å². The van der Waals surface area contributed by atoms with Crippen molar-refractivity contribution < 1.29 is 29.7 Å². The standard InChI is InChI=1S/C21H16NS.C5H8O2.Ir/c1-2-7-15-13-22-19(12-14(15)6-1)18-10-5-9-17-16-8-3-4-11-20(16)23-21(17)18;1-4(6)3-5(2)7;/h1-2,5-7,9,12-13H,3-4,8,11H2;3H2,1-2H3;/q-1;;. The average molecular weight is 607 g/mol. The number of hydrogen-bond donors (Lipinski definition) is 0. The van der Waals surface area contributed by atoms with E-state index in [1.165, 1.54) is 60.4 Å². The van der Waals surface area contributed by atoms with Crippen LogP contribution in [0.5, 0.6) is 0 Å². The maximum atomic E-state index is 10.0. The zero-order valence-corrected chi connectivity index (χ0v) is 20.9. The zero-order valence-electron chi connectivity index (χ0n) is 17.7. The van der Waals surface area contributed by atoms with Crippen LogP contribution < -0.4 is 0 Å². The number of nitrogens with zero attached hydrogens (tertiary/aromatic N) is 1. The Kier molecular flexibility index (Phi) is 7.88. The molecule has 0 N–H and O–H groups in total. The minimum absolute atomic E-state index is 0. The number of Topliss-reactive ketones (excluding diaryl/α,β-unsaturated/α-hetero) is 2. The molecule has 0 fully saturated rings. The number of benzene rings is 2. The molecule has 2 aromatic heterocycles. The molecule has 1 aliphatic rings. The number of rotatable bonds is 3. The summed E-state index contributed by atoms with van der Waals surface area (Å²) in [7, 11) is 0. The number of thiophene rings is 1. The fourth-order valence-electron chi connectivity index (χ4n) is 3.99. The summed E-state index contributed by atoms with van der Waals surface area (Å²) in [5.41, 5.74) is 3.77. The smallest absolute Gasteiger partial charge is 0.137 e. The van der Waals surface area contributed by atoms with Crippen LogP contribution in [0.4, 0.5) is 0 Å². The topological polar surface area (TPSA) is 47.0 Å². The van der Waals surface area contributed by atoms with Crippen molar-refractivity contribution in [3.8, 4) is 11.3 Å². The van der Waals surface area contributed by atoms with Gasteiger partial charge >= 0.3 is 0 Å². The second-order valence-electron chi connectivity index (χ2n) is 7.80. The van der Waals surface area contributed by atoms with Crippen LogP contribution in [-0.2, 0) is 42.5 Å². The third kappa shape index (κ3) is 5.35. The van der Waals surface area contributed by atoms with Crippen LogP contribution in [0.3, 0.4) is 0 Å². The Morgan fingerprint density at radius 3 is 2.45 bits per heavy atom. The van der Waals surface area contributed by atoms with Gasteiger partial charge in [0.1, 0.15) is 11.6 Å². The number of aryl methyl sites for hydroxylation is 2. The summed E-state index contributed by atoms with van der Waals surface area (Å²) in [6, 6.07) is 18.4. The zero-order chi connectivity index (χ0) is 21.1. The van der Waals surface area contributed by atoms with E-state index in [2.05, 4.69) is 48.5 Å². The van der Waals surface area contributed by atoms with Crippen molar-refractivity contribution >= 4 is 43.8 Å². The van der Waals surface area contributed by atoms with Gasteiger partial charge in [-0.15, -0.1) is 23.8 Å². The average Bonchev–Trinajstić information content (AvgIpc) is 3.12. The van der Waals surface area contributed by atoms with Gasteiger partial charge in [-0.05, 0) is 71.1 Å². The summed E-state index contributed by atoms with van der Waals surface area (Å²) in [5.74, 6) is -0.125. The molecule has 1 aliphatic carbocycles. The largest absolute Gasteiger partial charge is 0.304 e. The second kappa shape index (κ2) is 10.4. The van der Waals surface area contributed by atoms with Gasteiger partial charge in [0, 0.05) is 26.3 Å². The van der Waals surface area contributed by atoms with E-state index in [4.69, 9.17) is 4.98 Å². The molecule has 3 nitrogen and oxygen atoms in total. The summed E-state index contributed by atoms with van der Waals surface area (Å²) in [5, 5.41) is 3.85. The fourth-order valence-corrected chi connectivity index (χ4v) is 5.38. The molecular formula is C26H24IrNO2S-. The summed E-state index contributed by atoms with van der Waals surface area (Å²) >= 11 is 1.96. The van der Waals surface area contributed by atoms with Crippen molar-refractivity contribution in [1.82, 2.24) is 4.98 Å². The molecule has 0 saturated carbocycles. The van der Waals surface area contributed by atoms with Crippen LogP contribution in [0, 0.1) is 6.07 Å². The quantitative estimate of drug-likeness (QED) is 0.202. The predicted octanol–water partition coefficient (Wildman–Crippen LogP) is 6.35. The minimum atomic E-state index is -0.0625. The molecule has 4 aromatic rings. The van der Waals surface area contributed by atoms with E-state index in [9.17, 15) is 9.59 Å². The van der Waals surface area contributed by atoms with Gasteiger partial charge in [0.2, 0.25) is 0 Å². The number of aromatic nitrogens is 1. The van der Waals surface area contributed by atoms with Gasteiger partial charge in [-0.3, -0.25) is 9.59 Å². The van der Waals surface area contributed by atoms with E-state index in [0.717, 1.165) is 11.3 Å². The predicted molar refractivity (Wildman–Crippen MR) is 124 cm³/mol. The molecular weight excluding hydrogens is 583 g/mol. The van der Waals surface area contributed by atoms with Crippen molar-refractivity contribution in [2.45, 2.75) is 46.0 Å².